The third kappa shape index (κ3) is 2.75. The molecule has 0 unspecified atom stereocenters. The van der Waals surface area contributed by atoms with Crippen molar-refractivity contribution in [2.24, 2.45) is 0 Å². The molecule has 0 aliphatic rings. The SMILES string of the molecule is Cc1ccc(S)cc1C(=O)NN(C)C. The number of hydrazine groups is 1. The molecular weight excluding hydrogens is 196 g/mol. The number of nitrogens with one attached hydrogen (secondary N) is 1. The van der Waals surface area contributed by atoms with Crippen LogP contribution >= 0.6 is 12.6 Å². The maximum Gasteiger partial charge on any atom is 0.265 e. The van der Waals surface area contributed by atoms with E-state index in [-0.39, 0.29) is 5.91 Å². The Hall–Kier alpha value is -1.00. The topological polar surface area (TPSA) is 32.3 Å². The van der Waals surface area contributed by atoms with E-state index in [1.165, 1.54) is 0 Å². The molecule has 1 aromatic rings. The van der Waals surface area contributed by atoms with Crippen molar-refractivity contribution in [1.82, 2.24) is 10.4 Å². The molecule has 0 saturated heterocycles. The van der Waals surface area contributed by atoms with Crippen LogP contribution in [0.4, 0.5) is 0 Å². The lowest BCUT2D eigenvalue weighted by molar-refractivity contribution is 0.0856. The van der Waals surface area contributed by atoms with Crippen molar-refractivity contribution in [2.75, 3.05) is 14.1 Å². The molecule has 14 heavy (non-hydrogen) atoms. The number of benzene rings is 1. The number of hydrogen-bond acceptors (Lipinski definition) is 3. The summed E-state index contributed by atoms with van der Waals surface area (Å²) >= 11 is 4.19. The van der Waals surface area contributed by atoms with Gasteiger partial charge in [0.05, 0.1) is 0 Å². The smallest absolute Gasteiger partial charge is 0.265 e. The second kappa shape index (κ2) is 4.48. The van der Waals surface area contributed by atoms with Crippen LogP contribution in [0.25, 0.3) is 0 Å². The van der Waals surface area contributed by atoms with E-state index in [4.69, 9.17) is 0 Å². The number of hydrogen-bond donors (Lipinski definition) is 2. The Bertz CT molecular complexity index is 350. The molecule has 0 aliphatic carbocycles. The molecule has 76 valence electrons. The van der Waals surface area contributed by atoms with Crippen LogP contribution in [0.15, 0.2) is 23.1 Å². The van der Waals surface area contributed by atoms with Crippen molar-refractivity contribution in [3.8, 4) is 0 Å². The zero-order valence-corrected chi connectivity index (χ0v) is 9.43. The molecule has 1 N–H and O–H groups in total. The van der Waals surface area contributed by atoms with E-state index >= 15 is 0 Å². The van der Waals surface area contributed by atoms with Gasteiger partial charge in [-0.05, 0) is 24.6 Å². The number of aryl methyl sites for hydroxylation is 1. The molecule has 4 heteroatoms. The summed E-state index contributed by atoms with van der Waals surface area (Å²) in [6, 6.07) is 5.51. The van der Waals surface area contributed by atoms with Crippen LogP contribution in [0, 0.1) is 6.92 Å². The molecule has 0 heterocycles. The molecule has 1 aromatic carbocycles. The average molecular weight is 210 g/mol. The second-order valence-electron chi connectivity index (χ2n) is 3.33. The molecule has 0 fully saturated rings. The van der Waals surface area contributed by atoms with Crippen molar-refractivity contribution < 1.29 is 4.79 Å². The fourth-order valence-electron chi connectivity index (χ4n) is 1.12. The Morgan fingerprint density at radius 3 is 2.64 bits per heavy atom. The van der Waals surface area contributed by atoms with E-state index < -0.39 is 0 Å². The highest BCUT2D eigenvalue weighted by Crippen LogP contribution is 2.13. The van der Waals surface area contributed by atoms with Gasteiger partial charge in [0, 0.05) is 24.6 Å². The van der Waals surface area contributed by atoms with Crippen LogP contribution < -0.4 is 5.43 Å². The van der Waals surface area contributed by atoms with Gasteiger partial charge in [0.2, 0.25) is 0 Å². The van der Waals surface area contributed by atoms with Crippen LogP contribution in [0.1, 0.15) is 15.9 Å². The lowest BCUT2D eigenvalue weighted by atomic mass is 10.1. The zero-order valence-electron chi connectivity index (χ0n) is 8.53. The first kappa shape index (κ1) is 11.1. The Morgan fingerprint density at radius 1 is 1.43 bits per heavy atom. The highest BCUT2D eigenvalue weighted by Gasteiger charge is 2.09. The van der Waals surface area contributed by atoms with Crippen LogP contribution in [0.5, 0.6) is 0 Å². The Labute approximate surface area is 89.5 Å². The molecule has 0 saturated carbocycles. The predicted molar refractivity (Wildman–Crippen MR) is 59.6 cm³/mol. The first-order chi connectivity index (χ1) is 6.50. The van der Waals surface area contributed by atoms with Crippen LogP contribution in [0.2, 0.25) is 0 Å². The van der Waals surface area contributed by atoms with E-state index in [1.807, 2.05) is 19.1 Å². The third-order valence-corrected chi connectivity index (χ3v) is 2.07. The molecule has 0 aromatic heterocycles. The third-order valence-electron chi connectivity index (χ3n) is 1.79. The Morgan fingerprint density at radius 2 is 2.07 bits per heavy atom. The summed E-state index contributed by atoms with van der Waals surface area (Å²) in [6.07, 6.45) is 0. The summed E-state index contributed by atoms with van der Waals surface area (Å²) in [6.45, 7) is 1.90. The lowest BCUT2D eigenvalue weighted by Gasteiger charge is -2.13. The largest absolute Gasteiger partial charge is 0.285 e. The zero-order chi connectivity index (χ0) is 10.7. The molecule has 1 rings (SSSR count). The maximum absolute atomic E-state index is 11.6. The number of rotatable bonds is 2. The van der Waals surface area contributed by atoms with Gasteiger partial charge < -0.3 is 0 Å². The first-order valence-electron chi connectivity index (χ1n) is 4.28. The average Bonchev–Trinajstić information content (AvgIpc) is 2.08. The van der Waals surface area contributed by atoms with Crippen molar-refractivity contribution in [2.45, 2.75) is 11.8 Å². The predicted octanol–water partition coefficient (Wildman–Crippen LogP) is 1.49. The highest BCUT2D eigenvalue weighted by atomic mass is 32.1. The van der Waals surface area contributed by atoms with Gasteiger partial charge in [-0.3, -0.25) is 10.2 Å². The summed E-state index contributed by atoms with van der Waals surface area (Å²) in [5, 5.41) is 1.62. The van der Waals surface area contributed by atoms with Gasteiger partial charge in [0.15, 0.2) is 0 Å². The number of carbonyl (C=O) groups excluding carboxylic acids is 1. The lowest BCUT2D eigenvalue weighted by Crippen LogP contribution is -2.36. The normalized spacial score (nSPS) is 10.4. The molecule has 0 radical (unpaired) electrons. The van der Waals surface area contributed by atoms with Gasteiger partial charge in [-0.2, -0.15) is 0 Å². The van der Waals surface area contributed by atoms with Crippen molar-refractivity contribution in [3.05, 3.63) is 29.3 Å². The second-order valence-corrected chi connectivity index (χ2v) is 3.85. The summed E-state index contributed by atoms with van der Waals surface area (Å²) < 4.78 is 0. The van der Waals surface area contributed by atoms with Crippen LogP contribution in [-0.4, -0.2) is 25.0 Å². The van der Waals surface area contributed by atoms with Crippen LogP contribution in [0.3, 0.4) is 0 Å². The minimum atomic E-state index is -0.108. The summed E-state index contributed by atoms with van der Waals surface area (Å²) in [4.78, 5) is 12.4. The molecule has 0 atom stereocenters. The van der Waals surface area contributed by atoms with Crippen molar-refractivity contribution >= 4 is 18.5 Å². The molecule has 0 bridgehead atoms. The van der Waals surface area contributed by atoms with E-state index in [0.717, 1.165) is 10.5 Å². The van der Waals surface area contributed by atoms with Crippen molar-refractivity contribution in [3.63, 3.8) is 0 Å². The monoisotopic (exact) mass is 210 g/mol. The first-order valence-corrected chi connectivity index (χ1v) is 4.73. The van der Waals surface area contributed by atoms with Gasteiger partial charge in [-0.15, -0.1) is 12.6 Å². The molecular formula is C10H14N2OS. The fourth-order valence-corrected chi connectivity index (χ4v) is 1.32. The summed E-state index contributed by atoms with van der Waals surface area (Å²) in [7, 11) is 3.55. The maximum atomic E-state index is 11.6. The molecule has 0 aliphatic heterocycles. The molecule has 0 spiro atoms. The van der Waals surface area contributed by atoms with E-state index in [0.29, 0.717) is 5.56 Å². The van der Waals surface area contributed by atoms with Gasteiger partial charge in [0.25, 0.3) is 5.91 Å². The van der Waals surface area contributed by atoms with Gasteiger partial charge in [0.1, 0.15) is 0 Å². The van der Waals surface area contributed by atoms with E-state index in [2.05, 4.69) is 18.1 Å². The number of amides is 1. The van der Waals surface area contributed by atoms with Gasteiger partial charge in [-0.1, -0.05) is 6.07 Å². The number of thiol groups is 1. The minimum absolute atomic E-state index is 0.108. The summed E-state index contributed by atoms with van der Waals surface area (Å²) in [5.74, 6) is -0.108. The highest BCUT2D eigenvalue weighted by molar-refractivity contribution is 7.80. The standard InChI is InChI=1S/C10H14N2OS/c1-7-4-5-8(14)6-9(7)10(13)11-12(2)3/h4-6,14H,1-3H3,(H,11,13). The van der Waals surface area contributed by atoms with E-state index in [9.17, 15) is 4.79 Å². The van der Waals surface area contributed by atoms with Gasteiger partial charge >= 0.3 is 0 Å². The summed E-state index contributed by atoms with van der Waals surface area (Å²) in [5.41, 5.74) is 4.29. The quantitative estimate of drug-likeness (QED) is 0.572. The van der Waals surface area contributed by atoms with E-state index in [1.54, 1.807) is 25.2 Å². The Balaban J connectivity index is 2.94. The molecule has 3 nitrogen and oxygen atoms in total. The number of carbonyl (C=O) groups is 1. The fraction of sp³-hybridized carbons (Fsp3) is 0.300. The van der Waals surface area contributed by atoms with Gasteiger partial charge in [-0.25, -0.2) is 5.01 Å². The van der Waals surface area contributed by atoms with Crippen molar-refractivity contribution in [1.29, 1.82) is 0 Å². The van der Waals surface area contributed by atoms with Crippen LogP contribution in [-0.2, 0) is 0 Å². The minimum Gasteiger partial charge on any atom is -0.285 e. The Kier molecular flexibility index (Phi) is 3.55. The molecule has 1 amide bonds. The number of nitrogens with zero attached hydrogens (tertiary/aromatic N) is 1.